The normalized spacial score (nSPS) is 13.2. The van der Waals surface area contributed by atoms with Crippen LogP contribution in [-0.4, -0.2) is 81.2 Å². The molecule has 38 heavy (non-hydrogen) atoms. The van der Waals surface area contributed by atoms with E-state index in [0.29, 0.717) is 19.5 Å². The molecule has 0 bridgehead atoms. The molecular formula is C23H28N8O7. The minimum absolute atomic E-state index is 0.0524. The van der Waals surface area contributed by atoms with Crippen LogP contribution < -0.4 is 22.1 Å². The fraction of sp³-hybridized carbons (Fsp3) is 0.348. The van der Waals surface area contributed by atoms with E-state index in [1.165, 1.54) is 15.6 Å². The third-order valence-corrected chi connectivity index (χ3v) is 5.44. The molecule has 202 valence electrons. The van der Waals surface area contributed by atoms with Crippen molar-refractivity contribution in [3.63, 3.8) is 0 Å². The number of nitrogens with one attached hydrogen (secondary N) is 2. The number of aromatic nitrogens is 2. The van der Waals surface area contributed by atoms with Gasteiger partial charge in [0, 0.05) is 32.1 Å². The van der Waals surface area contributed by atoms with Gasteiger partial charge in [0.1, 0.15) is 18.3 Å². The molecule has 0 aliphatic carbocycles. The predicted molar refractivity (Wildman–Crippen MR) is 132 cm³/mol. The van der Waals surface area contributed by atoms with Gasteiger partial charge in [-0.1, -0.05) is 30.3 Å². The molecule has 15 heteroatoms. The lowest BCUT2D eigenvalue weighted by atomic mass is 10.2. The van der Waals surface area contributed by atoms with Crippen molar-refractivity contribution < 1.29 is 33.8 Å². The van der Waals surface area contributed by atoms with Gasteiger partial charge in [-0.2, -0.15) is 10.1 Å². The summed E-state index contributed by atoms with van der Waals surface area (Å²) in [5, 5.41) is 18.1. The van der Waals surface area contributed by atoms with Gasteiger partial charge in [-0.15, -0.1) is 0 Å². The summed E-state index contributed by atoms with van der Waals surface area (Å²) >= 11 is 0. The molecule has 15 nitrogen and oxygen atoms in total. The van der Waals surface area contributed by atoms with Crippen LogP contribution in [-0.2, 0) is 27.5 Å². The number of hydrogen-bond donors (Lipinski definition) is 5. The second kappa shape index (κ2) is 12.8. The van der Waals surface area contributed by atoms with E-state index in [0.717, 1.165) is 5.56 Å². The Morgan fingerprint density at radius 3 is 2.58 bits per heavy atom. The largest absolute Gasteiger partial charge is 0.480 e. The molecule has 7 N–H and O–H groups in total. The molecule has 0 spiro atoms. The molecule has 0 saturated heterocycles. The summed E-state index contributed by atoms with van der Waals surface area (Å²) in [6.07, 6.45) is -0.549. The Hall–Kier alpha value is -4.95. The lowest BCUT2D eigenvalue weighted by Gasteiger charge is -2.27. The van der Waals surface area contributed by atoms with E-state index in [4.69, 9.17) is 16.2 Å². The van der Waals surface area contributed by atoms with Crippen molar-refractivity contribution in [1.29, 1.82) is 0 Å². The zero-order valence-corrected chi connectivity index (χ0v) is 20.3. The highest BCUT2D eigenvalue weighted by molar-refractivity contribution is 5.98. The Kier molecular flexibility index (Phi) is 9.34. The lowest BCUT2D eigenvalue weighted by Crippen LogP contribution is -2.48. The van der Waals surface area contributed by atoms with Gasteiger partial charge in [-0.3, -0.25) is 19.1 Å². The summed E-state index contributed by atoms with van der Waals surface area (Å²) in [6.45, 7) is 0.428. The highest BCUT2D eigenvalue weighted by atomic mass is 16.5. The number of rotatable bonds is 11. The number of guanidine groups is 1. The summed E-state index contributed by atoms with van der Waals surface area (Å²) in [7, 11) is 0. The minimum atomic E-state index is -1.46. The van der Waals surface area contributed by atoms with Crippen molar-refractivity contribution in [2.24, 2.45) is 16.5 Å². The maximum Gasteiger partial charge on any atom is 0.408 e. The summed E-state index contributed by atoms with van der Waals surface area (Å²) in [5.74, 6) is -3.29. The molecule has 0 unspecified atom stereocenters. The van der Waals surface area contributed by atoms with Crippen molar-refractivity contribution >= 4 is 35.7 Å². The first-order chi connectivity index (χ1) is 18.1. The van der Waals surface area contributed by atoms with Crippen LogP contribution in [0.1, 0.15) is 39.4 Å². The van der Waals surface area contributed by atoms with E-state index < -0.39 is 36.5 Å². The molecule has 1 aliphatic heterocycles. The number of aliphatic carboxylic acids is 1. The van der Waals surface area contributed by atoms with Gasteiger partial charge in [0.25, 0.3) is 11.8 Å². The molecule has 0 fully saturated rings. The fourth-order valence-corrected chi connectivity index (χ4v) is 3.58. The number of aliphatic imine (C=N–C) groups is 1. The van der Waals surface area contributed by atoms with Crippen LogP contribution in [0.15, 0.2) is 41.4 Å². The van der Waals surface area contributed by atoms with E-state index in [2.05, 4.69) is 20.7 Å². The van der Waals surface area contributed by atoms with Crippen LogP contribution in [0.5, 0.6) is 0 Å². The first-order valence-electron chi connectivity index (χ1n) is 11.6. The topological polar surface area (TPSA) is 224 Å². The number of alkyl carbamates (subject to hydrolysis) is 1. The molecule has 3 rings (SSSR count). The molecule has 0 radical (unpaired) electrons. The number of carboxylic acid groups (broad SMARTS) is 1. The van der Waals surface area contributed by atoms with Crippen molar-refractivity contribution in [3.05, 3.63) is 53.3 Å². The van der Waals surface area contributed by atoms with Gasteiger partial charge in [0.2, 0.25) is 5.91 Å². The van der Waals surface area contributed by atoms with Crippen LogP contribution in [0, 0.1) is 0 Å². The maximum absolute atomic E-state index is 12.8. The Bertz CT molecular complexity index is 1220. The average Bonchev–Trinajstić information content (AvgIpc) is 3.32. The number of benzene rings is 1. The molecule has 4 amide bonds. The van der Waals surface area contributed by atoms with Crippen molar-refractivity contribution in [2.45, 2.75) is 32.0 Å². The second-order valence-electron chi connectivity index (χ2n) is 8.27. The third-order valence-electron chi connectivity index (χ3n) is 5.44. The van der Waals surface area contributed by atoms with E-state index in [1.807, 2.05) is 0 Å². The molecular weight excluding hydrogens is 500 g/mol. The van der Waals surface area contributed by atoms with Crippen LogP contribution in [0.4, 0.5) is 4.79 Å². The van der Waals surface area contributed by atoms with Gasteiger partial charge >= 0.3 is 12.1 Å². The number of carboxylic acids is 1. The summed E-state index contributed by atoms with van der Waals surface area (Å²) < 4.78 is 6.40. The second-order valence-corrected chi connectivity index (χ2v) is 8.27. The highest BCUT2D eigenvalue weighted by Crippen LogP contribution is 2.15. The van der Waals surface area contributed by atoms with Crippen LogP contribution in [0.2, 0.25) is 0 Å². The molecule has 0 saturated carbocycles. The number of amides is 4. The monoisotopic (exact) mass is 528 g/mol. The average molecular weight is 529 g/mol. The Morgan fingerprint density at radius 1 is 1.16 bits per heavy atom. The smallest absolute Gasteiger partial charge is 0.408 e. The number of carbonyl (C=O) groups excluding carboxylic acids is 4. The van der Waals surface area contributed by atoms with E-state index in [1.54, 1.807) is 30.3 Å². The number of nitrogens with zero attached hydrogens (tertiary/aromatic N) is 4. The molecule has 1 aromatic heterocycles. The van der Waals surface area contributed by atoms with Gasteiger partial charge in [0.15, 0.2) is 11.7 Å². The van der Waals surface area contributed by atoms with E-state index in [9.17, 15) is 29.1 Å². The van der Waals surface area contributed by atoms with Crippen molar-refractivity contribution in [2.75, 3.05) is 19.6 Å². The number of fused-ring (bicyclic) bond motifs is 1. The van der Waals surface area contributed by atoms with Crippen LogP contribution in [0.25, 0.3) is 0 Å². The first kappa shape index (κ1) is 27.6. The van der Waals surface area contributed by atoms with E-state index >= 15 is 0 Å². The number of carbonyl (C=O) groups is 5. The quantitative estimate of drug-likeness (QED) is 0.177. The van der Waals surface area contributed by atoms with Crippen LogP contribution >= 0.6 is 0 Å². The molecule has 2 aromatic rings. The Balaban J connectivity index is 1.51. The number of ether oxygens (including phenoxy) is 1. The van der Waals surface area contributed by atoms with Crippen LogP contribution in [0.3, 0.4) is 0 Å². The molecule has 2 heterocycles. The van der Waals surface area contributed by atoms with Gasteiger partial charge in [-0.25, -0.2) is 9.59 Å². The zero-order chi connectivity index (χ0) is 27.7. The SMILES string of the molecule is NC(N)=NC(=O)CCCN1CCn2nc(C(=O)NC[C@H](NC(=O)OCc3ccccc3)C(=O)O)cc2C1=O. The molecule has 1 aliphatic rings. The zero-order valence-electron chi connectivity index (χ0n) is 20.3. The summed E-state index contributed by atoms with van der Waals surface area (Å²) in [4.78, 5) is 65.4. The highest BCUT2D eigenvalue weighted by Gasteiger charge is 2.28. The summed E-state index contributed by atoms with van der Waals surface area (Å²) in [5.41, 5.74) is 11.1. The molecule has 1 atom stereocenters. The Morgan fingerprint density at radius 2 is 1.89 bits per heavy atom. The van der Waals surface area contributed by atoms with Gasteiger partial charge < -0.3 is 36.8 Å². The Labute approximate surface area is 216 Å². The van der Waals surface area contributed by atoms with Crippen molar-refractivity contribution in [1.82, 2.24) is 25.3 Å². The first-order valence-corrected chi connectivity index (χ1v) is 11.6. The predicted octanol–water partition coefficient (Wildman–Crippen LogP) is -0.971. The number of nitrogens with two attached hydrogens (primary N) is 2. The van der Waals surface area contributed by atoms with Gasteiger partial charge in [-0.05, 0) is 12.0 Å². The van der Waals surface area contributed by atoms with E-state index in [-0.39, 0.29) is 42.8 Å². The molecule has 1 aromatic carbocycles. The standard InChI is InChI=1S/C23H28N8O7/c24-22(25)28-18(32)7-4-8-30-9-10-31-17(20(30)34)11-15(29-31)19(33)26-12-16(21(35)36)27-23(37)38-13-14-5-2-1-3-6-14/h1-3,5-6,11,16H,4,7-10,12-13H2,(H,26,33)(H,27,37)(H,35,36)(H4,24,25,28,32)/t16-/m0/s1. The fourth-order valence-electron chi connectivity index (χ4n) is 3.58. The number of hydrogen-bond acceptors (Lipinski definition) is 7. The maximum atomic E-state index is 12.8. The van der Waals surface area contributed by atoms with Gasteiger partial charge in [0.05, 0.1) is 6.54 Å². The lowest BCUT2D eigenvalue weighted by molar-refractivity contribution is -0.139. The third kappa shape index (κ3) is 7.78. The van der Waals surface area contributed by atoms with Crippen molar-refractivity contribution in [3.8, 4) is 0 Å². The minimum Gasteiger partial charge on any atom is -0.480 e. The summed E-state index contributed by atoms with van der Waals surface area (Å²) in [6, 6.07) is 8.66.